The minimum Gasteiger partial charge on any atom is -0.380 e. The molecule has 3 heterocycles. The van der Waals surface area contributed by atoms with Gasteiger partial charge >= 0.3 is 0 Å². The molecule has 0 aromatic carbocycles. The Kier molecular flexibility index (Phi) is 8.26. The average molecular weight is 435 g/mol. The van der Waals surface area contributed by atoms with Crippen molar-refractivity contribution in [1.29, 1.82) is 0 Å². The van der Waals surface area contributed by atoms with Crippen LogP contribution in [0.2, 0.25) is 0 Å². The normalized spacial score (nSPS) is 11.1. The first-order valence-electron chi connectivity index (χ1n) is 9.72. The molecule has 156 valence electrons. The third-order valence-corrected chi connectivity index (χ3v) is 5.93. The van der Waals surface area contributed by atoms with Crippen LogP contribution >= 0.6 is 23.1 Å². The molecule has 0 aliphatic carbocycles. The minimum absolute atomic E-state index is 0.0662. The van der Waals surface area contributed by atoms with Gasteiger partial charge in [-0.1, -0.05) is 24.8 Å². The van der Waals surface area contributed by atoms with Crippen LogP contribution < -0.4 is 10.6 Å². The van der Waals surface area contributed by atoms with Gasteiger partial charge < -0.3 is 15.4 Å². The van der Waals surface area contributed by atoms with Crippen LogP contribution in [0.3, 0.4) is 0 Å². The van der Waals surface area contributed by atoms with Gasteiger partial charge in [-0.2, -0.15) is 5.10 Å². The van der Waals surface area contributed by atoms with Crippen molar-refractivity contribution in [2.45, 2.75) is 32.0 Å². The van der Waals surface area contributed by atoms with Crippen LogP contribution in [0.4, 0.5) is 5.82 Å². The van der Waals surface area contributed by atoms with Crippen molar-refractivity contribution in [3.05, 3.63) is 28.6 Å². The van der Waals surface area contributed by atoms with Gasteiger partial charge in [0.25, 0.3) is 5.91 Å². The van der Waals surface area contributed by atoms with Crippen LogP contribution in [-0.4, -0.2) is 57.7 Å². The maximum Gasteiger partial charge on any atom is 0.261 e. The molecule has 3 rings (SSSR count). The number of rotatable bonds is 12. The van der Waals surface area contributed by atoms with Gasteiger partial charge in [0.05, 0.1) is 29.6 Å². The van der Waals surface area contributed by atoms with E-state index >= 15 is 0 Å². The van der Waals surface area contributed by atoms with Crippen molar-refractivity contribution in [3.8, 4) is 0 Å². The van der Waals surface area contributed by atoms with Crippen molar-refractivity contribution in [2.24, 2.45) is 0 Å². The maximum atomic E-state index is 12.1. The lowest BCUT2D eigenvalue weighted by atomic mass is 10.4. The average Bonchev–Trinajstić information content (AvgIpc) is 3.40. The Labute approximate surface area is 178 Å². The van der Waals surface area contributed by atoms with Gasteiger partial charge in [-0.25, -0.2) is 14.6 Å². The zero-order chi connectivity index (χ0) is 20.5. The van der Waals surface area contributed by atoms with Gasteiger partial charge in [0.2, 0.25) is 0 Å². The molecule has 0 radical (unpaired) electrons. The highest BCUT2D eigenvalue weighted by Gasteiger charge is 2.14. The van der Waals surface area contributed by atoms with Crippen LogP contribution in [0.25, 0.3) is 11.0 Å². The van der Waals surface area contributed by atoms with E-state index in [1.165, 1.54) is 11.3 Å². The second-order valence-electron chi connectivity index (χ2n) is 6.17. The van der Waals surface area contributed by atoms with E-state index in [2.05, 4.69) is 27.6 Å². The number of hydrogen-bond acceptors (Lipinski definition) is 8. The Morgan fingerprint density at radius 1 is 1.31 bits per heavy atom. The van der Waals surface area contributed by atoms with E-state index < -0.39 is 0 Å². The number of amides is 1. The highest BCUT2D eigenvalue weighted by atomic mass is 32.2. The fourth-order valence-corrected chi connectivity index (χ4v) is 3.98. The third-order valence-electron chi connectivity index (χ3n) is 4.01. The summed E-state index contributed by atoms with van der Waals surface area (Å²) in [6, 6.07) is 3.68. The number of carbonyl (C=O) groups excluding carboxylic acids is 1. The molecule has 0 fully saturated rings. The molecule has 3 aromatic rings. The fourth-order valence-electron chi connectivity index (χ4n) is 2.65. The van der Waals surface area contributed by atoms with Crippen LogP contribution in [0.1, 0.15) is 29.9 Å². The summed E-state index contributed by atoms with van der Waals surface area (Å²) in [5.74, 6) is 1.65. The van der Waals surface area contributed by atoms with E-state index in [9.17, 15) is 4.79 Å². The third kappa shape index (κ3) is 5.91. The molecule has 0 bridgehead atoms. The lowest BCUT2D eigenvalue weighted by molar-refractivity contribution is 0.0956. The molecule has 0 aliphatic rings. The summed E-state index contributed by atoms with van der Waals surface area (Å²) in [7, 11) is 0. The van der Waals surface area contributed by atoms with Gasteiger partial charge in [0.1, 0.15) is 5.82 Å². The van der Waals surface area contributed by atoms with E-state index in [-0.39, 0.29) is 5.91 Å². The number of thioether (sulfide) groups is 1. The predicted molar refractivity (Wildman–Crippen MR) is 118 cm³/mol. The number of ether oxygens (including phenoxy) is 1. The van der Waals surface area contributed by atoms with E-state index in [1.54, 1.807) is 18.0 Å². The number of nitrogens with one attached hydrogen (secondary N) is 2. The summed E-state index contributed by atoms with van der Waals surface area (Å²) in [5.41, 5.74) is 0.767. The molecular weight excluding hydrogens is 408 g/mol. The highest BCUT2D eigenvalue weighted by Crippen LogP contribution is 2.24. The summed E-state index contributed by atoms with van der Waals surface area (Å²) in [5, 5.41) is 14.2. The highest BCUT2D eigenvalue weighted by molar-refractivity contribution is 7.99. The van der Waals surface area contributed by atoms with Gasteiger partial charge in [-0.05, 0) is 24.8 Å². The predicted octanol–water partition coefficient (Wildman–Crippen LogP) is 3.27. The van der Waals surface area contributed by atoms with E-state index in [1.807, 2.05) is 29.1 Å². The molecule has 3 aromatic heterocycles. The van der Waals surface area contributed by atoms with Crippen molar-refractivity contribution in [3.63, 3.8) is 0 Å². The number of hydrogen-bond donors (Lipinski definition) is 2. The van der Waals surface area contributed by atoms with E-state index in [0.29, 0.717) is 37.7 Å². The molecule has 10 heteroatoms. The molecule has 0 unspecified atom stereocenters. The second kappa shape index (κ2) is 11.1. The van der Waals surface area contributed by atoms with Crippen LogP contribution in [0.5, 0.6) is 0 Å². The monoisotopic (exact) mass is 434 g/mol. The molecule has 2 N–H and O–H groups in total. The summed E-state index contributed by atoms with van der Waals surface area (Å²) in [6.07, 6.45) is 2.82. The van der Waals surface area contributed by atoms with Crippen LogP contribution in [0.15, 0.2) is 28.9 Å². The summed E-state index contributed by atoms with van der Waals surface area (Å²) >= 11 is 3.06. The molecule has 29 heavy (non-hydrogen) atoms. The second-order valence-corrected chi connectivity index (χ2v) is 8.17. The Morgan fingerprint density at radius 3 is 2.97 bits per heavy atom. The molecule has 0 aliphatic heterocycles. The zero-order valence-electron chi connectivity index (χ0n) is 16.7. The smallest absolute Gasteiger partial charge is 0.261 e. The SMILES string of the molecule is CCCSc1nc(NCCOCC)c2cnn(CCNC(=O)c3cccs3)c2n1. The molecule has 0 saturated carbocycles. The zero-order valence-corrected chi connectivity index (χ0v) is 18.3. The Bertz CT molecular complexity index is 913. The van der Waals surface area contributed by atoms with Crippen molar-refractivity contribution < 1.29 is 9.53 Å². The summed E-state index contributed by atoms with van der Waals surface area (Å²) < 4.78 is 7.22. The Morgan fingerprint density at radius 2 is 2.21 bits per heavy atom. The maximum absolute atomic E-state index is 12.1. The molecular formula is C19H26N6O2S2. The summed E-state index contributed by atoms with van der Waals surface area (Å²) in [4.78, 5) is 22.2. The molecule has 8 nitrogen and oxygen atoms in total. The number of fused-ring (bicyclic) bond motifs is 1. The first-order valence-corrected chi connectivity index (χ1v) is 11.6. The van der Waals surface area contributed by atoms with Gasteiger partial charge in [0, 0.05) is 25.4 Å². The minimum atomic E-state index is -0.0662. The van der Waals surface area contributed by atoms with Gasteiger partial charge in [-0.3, -0.25) is 4.79 Å². The van der Waals surface area contributed by atoms with Crippen molar-refractivity contribution >= 4 is 45.9 Å². The van der Waals surface area contributed by atoms with E-state index in [4.69, 9.17) is 9.72 Å². The topological polar surface area (TPSA) is 94.0 Å². The molecule has 1 amide bonds. The van der Waals surface area contributed by atoms with E-state index in [0.717, 1.165) is 34.2 Å². The Balaban J connectivity index is 1.72. The fraction of sp³-hybridized carbons (Fsp3) is 0.474. The standard InChI is InChI=1S/C19H26N6O2S2/c1-3-11-29-19-23-16(20-8-10-27-4-2)14-13-22-25(17(14)24-19)9-7-21-18(26)15-6-5-12-28-15/h5-6,12-13H,3-4,7-11H2,1-2H3,(H,21,26)(H,20,23,24). The first-order chi connectivity index (χ1) is 14.2. The largest absolute Gasteiger partial charge is 0.380 e. The molecule has 0 spiro atoms. The molecule has 0 atom stereocenters. The number of nitrogens with zero attached hydrogens (tertiary/aromatic N) is 4. The summed E-state index contributed by atoms with van der Waals surface area (Å²) in [6.45, 7) is 7.09. The van der Waals surface area contributed by atoms with Gasteiger partial charge in [0.15, 0.2) is 10.8 Å². The number of thiophene rings is 1. The number of anilines is 1. The van der Waals surface area contributed by atoms with Crippen LogP contribution in [-0.2, 0) is 11.3 Å². The number of aromatic nitrogens is 4. The Hall–Kier alpha value is -2.17. The quantitative estimate of drug-likeness (QED) is 0.257. The lowest BCUT2D eigenvalue weighted by Gasteiger charge is -2.10. The first kappa shape index (κ1) is 21.5. The molecule has 0 saturated heterocycles. The van der Waals surface area contributed by atoms with Crippen molar-refractivity contribution in [2.75, 3.05) is 37.4 Å². The van der Waals surface area contributed by atoms with Crippen LogP contribution in [0, 0.1) is 0 Å². The number of carbonyl (C=O) groups is 1. The lowest BCUT2D eigenvalue weighted by Crippen LogP contribution is -2.26. The van der Waals surface area contributed by atoms with Crippen molar-refractivity contribution in [1.82, 2.24) is 25.1 Å². The van der Waals surface area contributed by atoms with Gasteiger partial charge in [-0.15, -0.1) is 11.3 Å².